The third-order valence-electron chi connectivity index (χ3n) is 5.24. The molecule has 0 unspecified atom stereocenters. The summed E-state index contributed by atoms with van der Waals surface area (Å²) in [6.45, 7) is 4.67. The first-order chi connectivity index (χ1) is 13.1. The van der Waals surface area contributed by atoms with Crippen LogP contribution >= 0.6 is 11.8 Å². The molecule has 4 rings (SSSR count). The quantitative estimate of drug-likeness (QED) is 0.567. The van der Waals surface area contributed by atoms with Gasteiger partial charge < -0.3 is 20.7 Å². The molecule has 27 heavy (non-hydrogen) atoms. The number of anilines is 1. The van der Waals surface area contributed by atoms with Crippen LogP contribution in [0.15, 0.2) is 41.7 Å². The highest BCUT2D eigenvalue weighted by molar-refractivity contribution is 7.99. The number of aliphatic hydroxyl groups is 1. The van der Waals surface area contributed by atoms with Crippen molar-refractivity contribution >= 4 is 28.6 Å². The lowest BCUT2D eigenvalue weighted by atomic mass is 10.1. The summed E-state index contributed by atoms with van der Waals surface area (Å²) in [5.41, 5.74) is 10.0. The monoisotopic (exact) mass is 383 g/mol. The molecular weight excluding hydrogens is 358 g/mol. The smallest absolute Gasteiger partial charge is 0.151 e. The lowest BCUT2D eigenvalue weighted by Crippen LogP contribution is -2.24. The van der Waals surface area contributed by atoms with Crippen LogP contribution in [0.25, 0.3) is 11.0 Å². The lowest BCUT2D eigenvalue weighted by molar-refractivity contribution is 0.150. The van der Waals surface area contributed by atoms with Crippen molar-refractivity contribution in [3.63, 3.8) is 0 Å². The molecule has 1 aliphatic rings. The molecule has 142 valence electrons. The first kappa shape index (κ1) is 18.3. The van der Waals surface area contributed by atoms with E-state index in [0.29, 0.717) is 11.7 Å². The minimum atomic E-state index is -0.260. The standard InChI is InChI=1S/C20H25N5OS/c1-13-2-4-16(5-3-13)27-11-15-9-25(10-17(15)26)7-6-14-8-22-19-18(14)23-12-24-20(19)21/h2-5,8,12,15,17,22,26H,6-7,9-11H2,1H3,(H2,21,23,24)/t15-,17+/m1/s1. The first-order valence-electron chi connectivity index (χ1n) is 9.26. The fourth-order valence-electron chi connectivity index (χ4n) is 3.61. The Morgan fingerprint density at radius 1 is 1.26 bits per heavy atom. The Morgan fingerprint density at radius 3 is 2.89 bits per heavy atom. The number of hydrogen-bond acceptors (Lipinski definition) is 6. The van der Waals surface area contributed by atoms with Crippen LogP contribution in [0.4, 0.5) is 5.82 Å². The Balaban J connectivity index is 1.31. The average molecular weight is 384 g/mol. The number of aryl methyl sites for hydroxylation is 1. The number of hydrogen-bond donors (Lipinski definition) is 3. The van der Waals surface area contributed by atoms with Crippen LogP contribution in [0.1, 0.15) is 11.1 Å². The Bertz CT molecular complexity index is 910. The van der Waals surface area contributed by atoms with E-state index >= 15 is 0 Å². The summed E-state index contributed by atoms with van der Waals surface area (Å²) in [6, 6.07) is 8.59. The molecule has 1 aliphatic heterocycles. The number of H-pyrrole nitrogens is 1. The average Bonchev–Trinajstić information content (AvgIpc) is 3.24. The highest BCUT2D eigenvalue weighted by Gasteiger charge is 2.31. The zero-order chi connectivity index (χ0) is 18.8. The molecular formula is C20H25N5OS. The van der Waals surface area contributed by atoms with E-state index in [1.807, 2.05) is 18.0 Å². The molecule has 0 radical (unpaired) electrons. The van der Waals surface area contributed by atoms with E-state index < -0.39 is 0 Å². The zero-order valence-electron chi connectivity index (χ0n) is 15.4. The summed E-state index contributed by atoms with van der Waals surface area (Å²) in [5, 5.41) is 10.4. The summed E-state index contributed by atoms with van der Waals surface area (Å²) in [5.74, 6) is 1.73. The van der Waals surface area contributed by atoms with Crippen LogP contribution < -0.4 is 5.73 Å². The van der Waals surface area contributed by atoms with Crippen molar-refractivity contribution in [2.45, 2.75) is 24.3 Å². The van der Waals surface area contributed by atoms with E-state index in [9.17, 15) is 5.11 Å². The number of aromatic amines is 1. The molecule has 1 fully saturated rings. The number of thioether (sulfide) groups is 1. The fourth-order valence-corrected chi connectivity index (χ4v) is 4.67. The van der Waals surface area contributed by atoms with Crippen molar-refractivity contribution < 1.29 is 5.11 Å². The zero-order valence-corrected chi connectivity index (χ0v) is 16.2. The predicted molar refractivity (Wildman–Crippen MR) is 110 cm³/mol. The van der Waals surface area contributed by atoms with Gasteiger partial charge >= 0.3 is 0 Å². The molecule has 0 saturated carbocycles. The van der Waals surface area contributed by atoms with Gasteiger partial charge in [0.25, 0.3) is 0 Å². The summed E-state index contributed by atoms with van der Waals surface area (Å²) >= 11 is 1.83. The van der Waals surface area contributed by atoms with Crippen LogP contribution in [0, 0.1) is 12.8 Å². The molecule has 0 amide bonds. The van der Waals surface area contributed by atoms with Gasteiger partial charge in [-0.05, 0) is 31.0 Å². The number of aliphatic hydroxyl groups excluding tert-OH is 1. The van der Waals surface area contributed by atoms with Crippen LogP contribution in [0.3, 0.4) is 0 Å². The van der Waals surface area contributed by atoms with E-state index in [4.69, 9.17) is 5.73 Å². The van der Waals surface area contributed by atoms with E-state index in [1.165, 1.54) is 16.8 Å². The van der Waals surface area contributed by atoms with Crippen LogP contribution in [-0.4, -0.2) is 56.4 Å². The number of aromatic nitrogens is 3. The van der Waals surface area contributed by atoms with E-state index in [-0.39, 0.29) is 6.10 Å². The Morgan fingerprint density at radius 2 is 2.07 bits per heavy atom. The van der Waals surface area contributed by atoms with Gasteiger partial charge in [-0.25, -0.2) is 9.97 Å². The summed E-state index contributed by atoms with van der Waals surface area (Å²) in [4.78, 5) is 15.1. The second-order valence-corrected chi connectivity index (χ2v) is 8.35. The maximum atomic E-state index is 10.4. The molecule has 3 heterocycles. The van der Waals surface area contributed by atoms with Gasteiger partial charge in [-0.1, -0.05) is 17.7 Å². The number of fused-ring (bicyclic) bond motifs is 1. The topological polar surface area (TPSA) is 91.1 Å². The molecule has 1 aromatic carbocycles. The Hall–Kier alpha value is -2.09. The minimum Gasteiger partial charge on any atom is -0.391 e. The van der Waals surface area contributed by atoms with Gasteiger partial charge in [0.2, 0.25) is 0 Å². The number of β-amino-alcohol motifs (C(OH)–C–C–N with tert-alkyl or cyclic N) is 1. The molecule has 6 nitrogen and oxygen atoms in total. The van der Waals surface area contributed by atoms with Gasteiger partial charge in [0.1, 0.15) is 11.8 Å². The summed E-state index contributed by atoms with van der Waals surface area (Å²) < 4.78 is 0. The molecule has 2 aromatic heterocycles. The van der Waals surface area contributed by atoms with Gasteiger partial charge in [0.15, 0.2) is 5.82 Å². The molecule has 4 N–H and O–H groups in total. The highest BCUT2D eigenvalue weighted by Crippen LogP contribution is 2.27. The Kier molecular flexibility index (Phi) is 5.33. The summed E-state index contributed by atoms with van der Waals surface area (Å²) in [6.07, 6.45) is 4.09. The third-order valence-corrected chi connectivity index (χ3v) is 6.44. The van der Waals surface area contributed by atoms with Gasteiger partial charge in [0, 0.05) is 42.4 Å². The van der Waals surface area contributed by atoms with Crippen LogP contribution in [0.5, 0.6) is 0 Å². The van der Waals surface area contributed by atoms with Crippen molar-refractivity contribution in [2.24, 2.45) is 5.92 Å². The Labute approximate surface area is 163 Å². The molecule has 7 heteroatoms. The number of nitrogens with two attached hydrogens (primary N) is 1. The molecule has 1 saturated heterocycles. The van der Waals surface area contributed by atoms with Crippen molar-refractivity contribution in [3.8, 4) is 0 Å². The largest absolute Gasteiger partial charge is 0.391 e. The van der Waals surface area contributed by atoms with E-state index in [2.05, 4.69) is 51.0 Å². The van der Waals surface area contributed by atoms with Crippen molar-refractivity contribution in [1.29, 1.82) is 0 Å². The SMILES string of the molecule is Cc1ccc(SC[C@H]2CN(CCc3c[nH]c4c(N)ncnc34)C[C@@H]2O)cc1. The second-order valence-electron chi connectivity index (χ2n) is 7.26. The van der Waals surface area contributed by atoms with E-state index in [1.54, 1.807) is 0 Å². The number of likely N-dealkylation sites (tertiary alicyclic amines) is 1. The van der Waals surface area contributed by atoms with E-state index in [0.717, 1.165) is 48.4 Å². The van der Waals surface area contributed by atoms with Gasteiger partial charge in [-0.3, -0.25) is 0 Å². The number of nitrogens with one attached hydrogen (secondary N) is 1. The maximum absolute atomic E-state index is 10.4. The fraction of sp³-hybridized carbons (Fsp3) is 0.400. The normalized spacial score (nSPS) is 20.5. The van der Waals surface area contributed by atoms with Crippen molar-refractivity contribution in [1.82, 2.24) is 19.9 Å². The minimum absolute atomic E-state index is 0.260. The van der Waals surface area contributed by atoms with Crippen LogP contribution in [0.2, 0.25) is 0 Å². The second kappa shape index (κ2) is 7.88. The highest BCUT2D eigenvalue weighted by atomic mass is 32.2. The first-order valence-corrected chi connectivity index (χ1v) is 10.2. The molecule has 2 atom stereocenters. The maximum Gasteiger partial charge on any atom is 0.151 e. The number of rotatable bonds is 6. The van der Waals surface area contributed by atoms with Gasteiger partial charge in [-0.15, -0.1) is 11.8 Å². The molecule has 0 bridgehead atoms. The third kappa shape index (κ3) is 4.10. The molecule has 3 aromatic rings. The number of nitrogen functional groups attached to an aromatic ring is 1. The van der Waals surface area contributed by atoms with Crippen LogP contribution in [-0.2, 0) is 6.42 Å². The summed E-state index contributed by atoms with van der Waals surface area (Å²) in [7, 11) is 0. The number of benzene rings is 1. The predicted octanol–water partition coefficient (Wildman–Crippen LogP) is 2.48. The lowest BCUT2D eigenvalue weighted by Gasteiger charge is -2.15. The number of nitrogens with zero attached hydrogens (tertiary/aromatic N) is 3. The van der Waals surface area contributed by atoms with Gasteiger partial charge in [-0.2, -0.15) is 0 Å². The van der Waals surface area contributed by atoms with Gasteiger partial charge in [0.05, 0.1) is 11.6 Å². The molecule has 0 aliphatic carbocycles. The van der Waals surface area contributed by atoms with Crippen molar-refractivity contribution in [2.75, 3.05) is 31.1 Å². The molecule has 0 spiro atoms. The van der Waals surface area contributed by atoms with Crippen molar-refractivity contribution in [3.05, 3.63) is 47.9 Å².